The summed E-state index contributed by atoms with van der Waals surface area (Å²) in [4.78, 5) is 31.8. The number of carbonyl (C=O) groups excluding carboxylic acids is 2. The average Bonchev–Trinajstić information content (AvgIpc) is 2.78. The van der Waals surface area contributed by atoms with Crippen molar-refractivity contribution in [3.63, 3.8) is 0 Å². The lowest BCUT2D eigenvalue weighted by Crippen LogP contribution is -2.49. The van der Waals surface area contributed by atoms with Gasteiger partial charge in [-0.15, -0.1) is 6.42 Å². The fourth-order valence-electron chi connectivity index (χ4n) is 3.58. The SMILES string of the molecule is C#Cc1ccnc(NC(=O)Nc2ccc(CN3CCN(C(=O)OC(C)(C)C)CC3)c(C(F)(F)F)c2)c1. The molecule has 0 atom stereocenters. The van der Waals surface area contributed by atoms with Crippen LogP contribution in [0.5, 0.6) is 0 Å². The zero-order chi connectivity index (χ0) is 26.5. The molecule has 11 heteroatoms. The lowest BCUT2D eigenvalue weighted by molar-refractivity contribution is -0.138. The number of benzene rings is 1. The molecule has 2 N–H and O–H groups in total. The number of piperazine rings is 1. The Hall–Kier alpha value is -3.78. The number of rotatable bonds is 4. The van der Waals surface area contributed by atoms with Crippen molar-refractivity contribution in [2.24, 2.45) is 0 Å². The Labute approximate surface area is 207 Å². The molecule has 3 rings (SSSR count). The average molecular weight is 504 g/mol. The molecule has 3 amide bonds. The maximum atomic E-state index is 13.8. The van der Waals surface area contributed by atoms with Gasteiger partial charge in [-0.1, -0.05) is 12.0 Å². The number of aromatic nitrogens is 1. The minimum absolute atomic E-state index is 0.0218. The van der Waals surface area contributed by atoms with Crippen LogP contribution in [0.2, 0.25) is 0 Å². The van der Waals surface area contributed by atoms with E-state index in [9.17, 15) is 22.8 Å². The van der Waals surface area contributed by atoms with E-state index in [-0.39, 0.29) is 23.6 Å². The van der Waals surface area contributed by atoms with Crippen molar-refractivity contribution in [3.8, 4) is 12.3 Å². The second-order valence-electron chi connectivity index (χ2n) is 9.27. The molecule has 1 aromatic carbocycles. The quantitative estimate of drug-likeness (QED) is 0.587. The van der Waals surface area contributed by atoms with Crippen LogP contribution in [0.3, 0.4) is 0 Å². The molecule has 0 aliphatic carbocycles. The summed E-state index contributed by atoms with van der Waals surface area (Å²) in [5, 5.41) is 4.84. The lowest BCUT2D eigenvalue weighted by Gasteiger charge is -2.36. The van der Waals surface area contributed by atoms with Gasteiger partial charge in [0.15, 0.2) is 0 Å². The van der Waals surface area contributed by atoms with Crippen LogP contribution in [0.4, 0.5) is 34.3 Å². The van der Waals surface area contributed by atoms with E-state index in [2.05, 4.69) is 21.5 Å². The zero-order valence-electron chi connectivity index (χ0n) is 20.3. The number of ether oxygens (including phenoxy) is 1. The molecule has 1 saturated heterocycles. The topological polar surface area (TPSA) is 86.8 Å². The minimum atomic E-state index is -4.62. The highest BCUT2D eigenvalue weighted by Crippen LogP contribution is 2.34. The zero-order valence-corrected chi connectivity index (χ0v) is 20.3. The smallest absolute Gasteiger partial charge is 0.416 e. The number of nitrogens with zero attached hydrogens (tertiary/aromatic N) is 3. The molecule has 2 heterocycles. The van der Waals surface area contributed by atoms with Gasteiger partial charge < -0.3 is 15.0 Å². The highest BCUT2D eigenvalue weighted by Gasteiger charge is 2.35. The van der Waals surface area contributed by atoms with Crippen LogP contribution < -0.4 is 10.6 Å². The summed E-state index contributed by atoms with van der Waals surface area (Å²) in [6.07, 6.45) is 1.67. The van der Waals surface area contributed by atoms with Crippen molar-refractivity contribution in [3.05, 3.63) is 53.2 Å². The van der Waals surface area contributed by atoms with Gasteiger partial charge in [0, 0.05) is 50.2 Å². The normalized spacial score (nSPS) is 14.6. The van der Waals surface area contributed by atoms with E-state index >= 15 is 0 Å². The third-order valence-corrected chi connectivity index (χ3v) is 5.26. The summed E-state index contributed by atoms with van der Waals surface area (Å²) in [7, 11) is 0. The first-order valence-electron chi connectivity index (χ1n) is 11.2. The molecule has 0 radical (unpaired) electrons. The number of pyridine rings is 1. The van der Waals surface area contributed by atoms with Gasteiger partial charge >= 0.3 is 18.3 Å². The first kappa shape index (κ1) is 26.8. The van der Waals surface area contributed by atoms with Gasteiger partial charge in [0.25, 0.3) is 0 Å². The highest BCUT2D eigenvalue weighted by atomic mass is 19.4. The Morgan fingerprint density at radius 3 is 2.39 bits per heavy atom. The van der Waals surface area contributed by atoms with Crippen molar-refractivity contribution in [1.29, 1.82) is 0 Å². The fraction of sp³-hybridized carbons (Fsp3) is 0.400. The molecule has 1 aliphatic rings. The second kappa shape index (κ2) is 10.9. The third-order valence-electron chi connectivity index (χ3n) is 5.26. The van der Waals surface area contributed by atoms with Crippen molar-refractivity contribution in [2.45, 2.75) is 39.1 Å². The van der Waals surface area contributed by atoms with Crippen LogP contribution >= 0.6 is 0 Å². The Bertz CT molecular complexity index is 1150. The molecule has 0 spiro atoms. The van der Waals surface area contributed by atoms with Crippen LogP contribution in [0, 0.1) is 12.3 Å². The lowest BCUT2D eigenvalue weighted by atomic mass is 10.0. The molecule has 192 valence electrons. The minimum Gasteiger partial charge on any atom is -0.444 e. The highest BCUT2D eigenvalue weighted by molar-refractivity contribution is 5.99. The van der Waals surface area contributed by atoms with E-state index in [0.717, 1.165) is 6.07 Å². The number of urea groups is 1. The van der Waals surface area contributed by atoms with Crippen LogP contribution in [0.25, 0.3) is 0 Å². The van der Waals surface area contributed by atoms with Gasteiger partial charge in [0.2, 0.25) is 0 Å². The molecule has 1 aliphatic heterocycles. The van der Waals surface area contributed by atoms with Gasteiger partial charge in [-0.2, -0.15) is 13.2 Å². The van der Waals surface area contributed by atoms with Crippen LogP contribution in [0.15, 0.2) is 36.5 Å². The van der Waals surface area contributed by atoms with Gasteiger partial charge in [0.05, 0.1) is 5.56 Å². The summed E-state index contributed by atoms with van der Waals surface area (Å²) >= 11 is 0. The summed E-state index contributed by atoms with van der Waals surface area (Å²) in [6.45, 7) is 6.88. The van der Waals surface area contributed by atoms with Gasteiger partial charge in [0.1, 0.15) is 11.4 Å². The summed E-state index contributed by atoms with van der Waals surface area (Å²) in [5.74, 6) is 2.57. The molecule has 2 aromatic rings. The van der Waals surface area contributed by atoms with E-state index in [0.29, 0.717) is 31.7 Å². The Kier molecular flexibility index (Phi) is 8.10. The molecule has 36 heavy (non-hydrogen) atoms. The number of anilines is 2. The Morgan fingerprint density at radius 2 is 1.78 bits per heavy atom. The fourth-order valence-corrected chi connectivity index (χ4v) is 3.58. The largest absolute Gasteiger partial charge is 0.444 e. The summed E-state index contributed by atoms with van der Waals surface area (Å²) in [5.41, 5.74) is -0.919. The standard InChI is InChI=1S/C25H28F3N5O3/c1-5-17-8-9-29-21(14-17)31-22(34)30-19-7-6-18(20(15-19)25(26,27)28)16-32-10-12-33(13-11-32)23(35)36-24(2,3)4/h1,6-9,14-15H,10-13,16H2,2-4H3,(H2,29,30,31,34). The number of alkyl halides is 3. The van der Waals surface area contributed by atoms with E-state index in [4.69, 9.17) is 11.2 Å². The number of terminal acetylenes is 1. The van der Waals surface area contributed by atoms with Crippen molar-refractivity contribution in [1.82, 2.24) is 14.8 Å². The van der Waals surface area contributed by atoms with Crippen LogP contribution in [0.1, 0.15) is 37.5 Å². The predicted molar refractivity (Wildman–Crippen MR) is 129 cm³/mol. The first-order chi connectivity index (χ1) is 16.8. The van der Waals surface area contributed by atoms with Gasteiger partial charge in [-0.3, -0.25) is 10.2 Å². The second-order valence-corrected chi connectivity index (χ2v) is 9.27. The van der Waals surface area contributed by atoms with Crippen molar-refractivity contribution >= 4 is 23.6 Å². The first-order valence-corrected chi connectivity index (χ1v) is 11.2. The van der Waals surface area contributed by atoms with E-state index < -0.39 is 29.5 Å². The van der Waals surface area contributed by atoms with Gasteiger partial charge in [-0.25, -0.2) is 14.6 Å². The molecular formula is C25H28F3N5O3. The molecule has 8 nitrogen and oxygen atoms in total. The summed E-state index contributed by atoms with van der Waals surface area (Å²) < 4.78 is 46.8. The van der Waals surface area contributed by atoms with E-state index in [1.54, 1.807) is 31.7 Å². The monoisotopic (exact) mass is 503 g/mol. The van der Waals surface area contributed by atoms with Crippen molar-refractivity contribution < 1.29 is 27.5 Å². The molecule has 1 aromatic heterocycles. The number of nitrogens with one attached hydrogen (secondary N) is 2. The van der Waals surface area contributed by atoms with Crippen LogP contribution in [-0.2, 0) is 17.5 Å². The van der Waals surface area contributed by atoms with E-state index in [1.165, 1.54) is 24.4 Å². The Balaban J connectivity index is 1.65. The Morgan fingerprint density at radius 1 is 1.08 bits per heavy atom. The van der Waals surface area contributed by atoms with Gasteiger partial charge in [-0.05, 0) is 50.6 Å². The number of hydrogen-bond acceptors (Lipinski definition) is 5. The number of hydrogen-bond donors (Lipinski definition) is 2. The number of amides is 3. The number of carbonyl (C=O) groups is 2. The maximum Gasteiger partial charge on any atom is 0.416 e. The predicted octanol–water partition coefficient (Wildman–Crippen LogP) is 4.78. The molecular weight excluding hydrogens is 475 g/mol. The van der Waals surface area contributed by atoms with Crippen LogP contribution in [-0.4, -0.2) is 58.7 Å². The van der Waals surface area contributed by atoms with Crippen molar-refractivity contribution in [2.75, 3.05) is 36.8 Å². The number of halogens is 3. The van der Waals surface area contributed by atoms with E-state index in [1.807, 2.05) is 4.90 Å². The molecule has 1 fully saturated rings. The molecule has 0 unspecified atom stereocenters. The third kappa shape index (κ3) is 7.61. The summed E-state index contributed by atoms with van der Waals surface area (Å²) in [6, 6.07) is 5.94. The molecule has 0 saturated carbocycles. The molecule has 0 bridgehead atoms. The maximum absolute atomic E-state index is 13.8.